The van der Waals surface area contributed by atoms with Crippen molar-refractivity contribution in [3.05, 3.63) is 0 Å². The van der Waals surface area contributed by atoms with E-state index < -0.39 is 0 Å². The van der Waals surface area contributed by atoms with Gasteiger partial charge in [-0.3, -0.25) is 4.79 Å². The van der Waals surface area contributed by atoms with Gasteiger partial charge in [0.1, 0.15) is 6.04 Å². The van der Waals surface area contributed by atoms with Gasteiger partial charge in [-0.2, -0.15) is 0 Å². The summed E-state index contributed by atoms with van der Waals surface area (Å²) in [4.78, 5) is 26.3. The molecule has 1 atom stereocenters. The van der Waals surface area contributed by atoms with Gasteiger partial charge in [-0.25, -0.2) is 9.69 Å². The number of imide groups is 1. The summed E-state index contributed by atoms with van der Waals surface area (Å²) < 4.78 is 0. The number of hydrogen-bond acceptors (Lipinski definition) is 2. The van der Waals surface area contributed by atoms with Crippen LogP contribution in [0.5, 0.6) is 0 Å². The van der Waals surface area contributed by atoms with Gasteiger partial charge in [0.05, 0.1) is 13.1 Å². The number of urea groups is 1. The molecule has 5 heteroatoms. The molecule has 0 unspecified atom stereocenters. The number of quaternary nitrogens is 1. The lowest BCUT2D eigenvalue weighted by Gasteiger charge is -2.18. The fourth-order valence-electron chi connectivity index (χ4n) is 2.47. The smallest absolute Gasteiger partial charge is 0.326 e. The van der Waals surface area contributed by atoms with Crippen molar-refractivity contribution in [1.29, 1.82) is 0 Å². The van der Waals surface area contributed by atoms with Gasteiger partial charge in [0.2, 0.25) is 0 Å². The monoisotopic (exact) mass is 226 g/mol. The van der Waals surface area contributed by atoms with Crippen LogP contribution in [0.2, 0.25) is 0 Å². The number of nitrogens with one attached hydrogen (secondary N) is 2. The van der Waals surface area contributed by atoms with Gasteiger partial charge in [-0.1, -0.05) is 13.3 Å². The molecule has 0 saturated carbocycles. The van der Waals surface area contributed by atoms with Crippen LogP contribution in [0, 0.1) is 0 Å². The minimum atomic E-state index is -0.278. The molecule has 0 spiro atoms. The van der Waals surface area contributed by atoms with Gasteiger partial charge in [-0.05, 0) is 6.42 Å². The number of nitrogens with zero attached hydrogens (tertiary/aromatic N) is 1. The van der Waals surface area contributed by atoms with Crippen molar-refractivity contribution >= 4 is 11.9 Å². The van der Waals surface area contributed by atoms with Crippen molar-refractivity contribution in [2.75, 3.05) is 19.8 Å². The fourth-order valence-corrected chi connectivity index (χ4v) is 2.47. The van der Waals surface area contributed by atoms with Crippen LogP contribution in [0.3, 0.4) is 0 Å². The Morgan fingerprint density at radius 2 is 2.06 bits per heavy atom. The molecule has 16 heavy (non-hydrogen) atoms. The molecule has 2 rings (SSSR count). The van der Waals surface area contributed by atoms with Gasteiger partial charge >= 0.3 is 6.03 Å². The molecular weight excluding hydrogens is 206 g/mol. The summed E-state index contributed by atoms with van der Waals surface area (Å²) in [7, 11) is 0. The highest BCUT2D eigenvalue weighted by molar-refractivity contribution is 6.03. The van der Waals surface area contributed by atoms with E-state index in [1.807, 2.05) is 6.92 Å². The molecule has 0 bridgehead atoms. The van der Waals surface area contributed by atoms with Crippen molar-refractivity contribution in [2.45, 2.75) is 38.6 Å². The zero-order valence-corrected chi connectivity index (χ0v) is 9.79. The predicted octanol–water partition coefficient (Wildman–Crippen LogP) is -0.657. The normalized spacial score (nSPS) is 26.6. The molecule has 0 aliphatic carbocycles. The second kappa shape index (κ2) is 4.82. The molecular formula is C11H20N3O2+. The molecule has 0 aromatic carbocycles. The van der Waals surface area contributed by atoms with Crippen LogP contribution in [0.25, 0.3) is 0 Å². The Kier molecular flexibility index (Phi) is 3.43. The molecule has 3 amide bonds. The summed E-state index contributed by atoms with van der Waals surface area (Å²) in [6, 6.07) is -0.484. The number of rotatable bonds is 4. The molecule has 90 valence electrons. The van der Waals surface area contributed by atoms with E-state index in [2.05, 4.69) is 5.32 Å². The van der Waals surface area contributed by atoms with E-state index in [9.17, 15) is 9.59 Å². The number of amides is 3. The first-order valence-electron chi connectivity index (χ1n) is 6.18. The maximum absolute atomic E-state index is 11.9. The Morgan fingerprint density at radius 3 is 2.69 bits per heavy atom. The van der Waals surface area contributed by atoms with Crippen molar-refractivity contribution in [3.8, 4) is 0 Å². The van der Waals surface area contributed by atoms with Crippen LogP contribution in [0.15, 0.2) is 0 Å². The van der Waals surface area contributed by atoms with Crippen molar-refractivity contribution < 1.29 is 14.5 Å². The molecule has 2 saturated heterocycles. The van der Waals surface area contributed by atoms with Crippen molar-refractivity contribution in [3.63, 3.8) is 0 Å². The van der Waals surface area contributed by atoms with Crippen LogP contribution < -0.4 is 10.2 Å². The third kappa shape index (κ3) is 2.19. The topological polar surface area (TPSA) is 53.9 Å². The molecule has 2 aliphatic rings. The maximum atomic E-state index is 11.9. The molecule has 5 nitrogen and oxygen atoms in total. The summed E-state index contributed by atoms with van der Waals surface area (Å²) in [6.45, 7) is 4.73. The molecule has 2 N–H and O–H groups in total. The SMILES string of the molecule is CCC[C@H]1NC(=O)N(C[NH+]2CCCC2)C1=O. The standard InChI is InChI=1S/C11H19N3O2/c1-2-5-9-10(15)14(11(16)12-9)8-13-6-3-4-7-13/h9H,2-8H2,1H3,(H,12,16)/p+1/t9-/m1/s1. The summed E-state index contributed by atoms with van der Waals surface area (Å²) >= 11 is 0. The lowest BCUT2D eigenvalue weighted by Crippen LogP contribution is -3.11. The third-order valence-electron chi connectivity index (χ3n) is 3.38. The first-order chi connectivity index (χ1) is 7.72. The van der Waals surface area contributed by atoms with Crippen LogP contribution in [-0.4, -0.2) is 42.6 Å². The van der Waals surface area contributed by atoms with Crippen molar-refractivity contribution in [1.82, 2.24) is 10.2 Å². The second-order valence-electron chi connectivity index (χ2n) is 4.67. The molecule has 2 heterocycles. The van der Waals surface area contributed by atoms with Crippen LogP contribution in [0.1, 0.15) is 32.6 Å². The van der Waals surface area contributed by atoms with E-state index in [1.54, 1.807) is 0 Å². The Hall–Kier alpha value is -1.10. The number of likely N-dealkylation sites (tertiary alicyclic amines) is 1. The summed E-state index contributed by atoms with van der Waals surface area (Å²) in [5, 5.41) is 2.75. The van der Waals surface area contributed by atoms with E-state index in [4.69, 9.17) is 0 Å². The fraction of sp³-hybridized carbons (Fsp3) is 0.818. The van der Waals surface area contributed by atoms with Gasteiger partial charge in [0.15, 0.2) is 6.67 Å². The lowest BCUT2D eigenvalue weighted by atomic mass is 10.2. The second-order valence-corrected chi connectivity index (χ2v) is 4.67. The summed E-state index contributed by atoms with van der Waals surface area (Å²) in [5.74, 6) is -0.0359. The average Bonchev–Trinajstić information content (AvgIpc) is 2.84. The highest BCUT2D eigenvalue weighted by Gasteiger charge is 2.39. The van der Waals surface area contributed by atoms with E-state index in [0.717, 1.165) is 25.9 Å². The minimum Gasteiger partial charge on any atom is -0.326 e. The molecule has 0 radical (unpaired) electrons. The predicted molar refractivity (Wildman–Crippen MR) is 58.9 cm³/mol. The quantitative estimate of drug-likeness (QED) is 0.626. The Morgan fingerprint density at radius 1 is 1.38 bits per heavy atom. The first kappa shape index (κ1) is 11.4. The summed E-state index contributed by atoms with van der Waals surface area (Å²) in [6.07, 6.45) is 4.08. The number of carbonyl (C=O) groups excluding carboxylic acids is 2. The third-order valence-corrected chi connectivity index (χ3v) is 3.38. The highest BCUT2D eigenvalue weighted by Crippen LogP contribution is 2.09. The molecule has 2 aliphatic heterocycles. The molecule has 0 aromatic rings. The Labute approximate surface area is 95.8 Å². The van der Waals surface area contributed by atoms with Crippen LogP contribution in [-0.2, 0) is 4.79 Å². The van der Waals surface area contributed by atoms with Crippen LogP contribution in [0.4, 0.5) is 4.79 Å². The summed E-state index contributed by atoms with van der Waals surface area (Å²) in [5.41, 5.74) is 0. The van der Waals surface area contributed by atoms with Gasteiger partial charge in [0, 0.05) is 12.8 Å². The molecule has 0 aromatic heterocycles. The van der Waals surface area contributed by atoms with E-state index in [-0.39, 0.29) is 18.0 Å². The van der Waals surface area contributed by atoms with Crippen molar-refractivity contribution in [2.24, 2.45) is 0 Å². The number of hydrogen-bond donors (Lipinski definition) is 2. The zero-order chi connectivity index (χ0) is 11.5. The largest absolute Gasteiger partial charge is 0.329 e. The van der Waals surface area contributed by atoms with Crippen LogP contribution >= 0.6 is 0 Å². The first-order valence-corrected chi connectivity index (χ1v) is 6.18. The number of carbonyl (C=O) groups is 2. The zero-order valence-electron chi connectivity index (χ0n) is 9.79. The van der Waals surface area contributed by atoms with Gasteiger partial charge in [0.25, 0.3) is 5.91 Å². The Bertz CT molecular complexity index is 287. The minimum absolute atomic E-state index is 0.0359. The van der Waals surface area contributed by atoms with E-state index >= 15 is 0 Å². The lowest BCUT2D eigenvalue weighted by molar-refractivity contribution is -0.894. The Balaban J connectivity index is 1.93. The van der Waals surface area contributed by atoms with E-state index in [1.165, 1.54) is 22.6 Å². The van der Waals surface area contributed by atoms with E-state index in [0.29, 0.717) is 6.67 Å². The van der Waals surface area contributed by atoms with Gasteiger partial charge < -0.3 is 10.2 Å². The highest BCUT2D eigenvalue weighted by atomic mass is 16.2. The maximum Gasteiger partial charge on any atom is 0.329 e. The molecule has 2 fully saturated rings. The average molecular weight is 226 g/mol. The van der Waals surface area contributed by atoms with Gasteiger partial charge in [-0.15, -0.1) is 0 Å².